The average Bonchev–Trinajstić information content (AvgIpc) is 3.43. The molecule has 4 N–H and O–H groups in total. The zero-order chi connectivity index (χ0) is 40.0. The number of benzene rings is 1. The van der Waals surface area contributed by atoms with Gasteiger partial charge in [0.1, 0.15) is 24.2 Å². The third kappa shape index (κ3) is 10.2. The van der Waals surface area contributed by atoms with Gasteiger partial charge in [0.2, 0.25) is 29.4 Å². The lowest BCUT2D eigenvalue weighted by atomic mass is 9.85. The van der Waals surface area contributed by atoms with Gasteiger partial charge in [-0.1, -0.05) is 91.1 Å². The van der Waals surface area contributed by atoms with Crippen LogP contribution >= 0.6 is 0 Å². The summed E-state index contributed by atoms with van der Waals surface area (Å²) in [6.07, 6.45) is 5.16. The Morgan fingerprint density at radius 3 is 2.19 bits per heavy atom. The molecule has 0 aromatic heterocycles. The van der Waals surface area contributed by atoms with Crippen molar-refractivity contribution < 1.29 is 38.3 Å². The quantitative estimate of drug-likeness (QED) is 0.197. The first-order valence-corrected chi connectivity index (χ1v) is 19.3. The number of likely N-dealkylation sites (N-methyl/N-ethyl adjacent to an activating group) is 1. The van der Waals surface area contributed by atoms with Crippen LogP contribution in [-0.4, -0.2) is 103 Å². The molecule has 0 bridgehead atoms. The van der Waals surface area contributed by atoms with Gasteiger partial charge in [0, 0.05) is 20.6 Å². The van der Waals surface area contributed by atoms with Crippen molar-refractivity contribution in [3.8, 4) is 0 Å². The maximum absolute atomic E-state index is 14.3. The number of nitrogens with zero attached hydrogens (tertiary/aromatic N) is 2. The maximum atomic E-state index is 14.3. The minimum atomic E-state index is -1.20. The minimum Gasteiger partial charge on any atom is -0.446 e. The fourth-order valence-electron chi connectivity index (χ4n) is 7.86. The molecule has 4 rings (SSSR count). The molecule has 1 heterocycles. The Bertz CT molecular complexity index is 1550. The Hall–Kier alpha value is -4.49. The number of hydrogen-bond acceptors (Lipinski definition) is 8. The maximum Gasteiger partial charge on any atom is 0.408 e. The first-order chi connectivity index (χ1) is 25.4. The fraction of sp³-hybridized carbons (Fsp3) is 0.675. The topological polar surface area (TPSA) is 183 Å². The second-order valence-electron chi connectivity index (χ2n) is 16.9. The summed E-state index contributed by atoms with van der Waals surface area (Å²) in [6.45, 7) is 11.3. The highest BCUT2D eigenvalue weighted by Crippen LogP contribution is 2.65. The Kier molecular flexibility index (Phi) is 13.9. The van der Waals surface area contributed by atoms with Gasteiger partial charge in [-0.15, -0.1) is 0 Å². The van der Waals surface area contributed by atoms with E-state index in [0.717, 1.165) is 32.1 Å². The number of carbonyl (C=O) groups is 7. The molecule has 6 amide bonds. The summed E-state index contributed by atoms with van der Waals surface area (Å²) in [5, 5.41) is 10.6. The largest absolute Gasteiger partial charge is 0.446 e. The number of rotatable bonds is 15. The zero-order valence-electron chi connectivity index (χ0n) is 33.2. The normalized spacial score (nSPS) is 22.1. The molecule has 1 aromatic rings. The van der Waals surface area contributed by atoms with Crippen molar-refractivity contribution in [3.63, 3.8) is 0 Å². The van der Waals surface area contributed by atoms with Crippen molar-refractivity contribution in [1.29, 1.82) is 0 Å². The summed E-state index contributed by atoms with van der Waals surface area (Å²) in [7, 11) is 3.13. The van der Waals surface area contributed by atoms with Crippen molar-refractivity contribution >= 4 is 41.4 Å². The lowest BCUT2D eigenvalue weighted by molar-refractivity contribution is -0.145. The van der Waals surface area contributed by atoms with Crippen molar-refractivity contribution in [2.75, 3.05) is 27.2 Å². The molecule has 298 valence electrons. The molecule has 0 radical (unpaired) electrons. The number of alkyl carbamates (subject to hydrolysis) is 1. The molecule has 3 aliphatic rings. The van der Waals surface area contributed by atoms with E-state index < -0.39 is 71.6 Å². The SMILES string of the molecule is CCCCC(NC(=O)[C@@H]1C2[C@H](CN1C(=O)[C@@H](NC(=O)OC1CCCCC1)C(C)(C)C)C2(C)C)C(=O)C(=O)NCC(=O)N[C@H](C(=O)N(C)C)c1ccccc1. The third-order valence-corrected chi connectivity index (χ3v) is 11.2. The van der Waals surface area contributed by atoms with Crippen LogP contribution in [0.3, 0.4) is 0 Å². The van der Waals surface area contributed by atoms with Crippen LogP contribution in [-0.2, 0) is 33.5 Å². The predicted octanol–water partition coefficient (Wildman–Crippen LogP) is 3.25. The van der Waals surface area contributed by atoms with Crippen LogP contribution in [0.15, 0.2) is 30.3 Å². The van der Waals surface area contributed by atoms with Crippen LogP contribution in [0.4, 0.5) is 4.79 Å². The number of Topliss-reactive ketones (excluding diaryl/α,β-unsaturated/α-hetero) is 1. The van der Waals surface area contributed by atoms with Crippen molar-refractivity contribution in [1.82, 2.24) is 31.1 Å². The lowest BCUT2D eigenvalue weighted by Crippen LogP contribution is -2.60. The summed E-state index contributed by atoms with van der Waals surface area (Å²) in [5.74, 6) is -4.13. The van der Waals surface area contributed by atoms with Gasteiger partial charge in [0.15, 0.2) is 0 Å². The number of nitrogens with one attached hydrogen (secondary N) is 4. The number of unbranched alkanes of at least 4 members (excludes halogenated alkanes) is 1. The molecule has 3 fully saturated rings. The van der Waals surface area contributed by atoms with E-state index in [1.807, 2.05) is 41.5 Å². The molecule has 1 saturated heterocycles. The lowest BCUT2D eigenvalue weighted by Gasteiger charge is -2.38. The Balaban J connectivity index is 1.44. The van der Waals surface area contributed by atoms with Gasteiger partial charge in [-0.25, -0.2) is 4.79 Å². The summed E-state index contributed by atoms with van der Waals surface area (Å²) in [6, 6.07) is 4.56. The summed E-state index contributed by atoms with van der Waals surface area (Å²) >= 11 is 0. The van der Waals surface area contributed by atoms with E-state index in [1.165, 1.54) is 9.80 Å². The van der Waals surface area contributed by atoms with E-state index in [1.54, 1.807) is 44.4 Å². The molecule has 2 aliphatic carbocycles. The first kappa shape index (κ1) is 42.3. The number of piperidine rings is 1. The number of carbonyl (C=O) groups excluding carboxylic acids is 7. The molecular formula is C40H60N6O8. The highest BCUT2D eigenvalue weighted by Gasteiger charge is 2.70. The van der Waals surface area contributed by atoms with Crippen LogP contribution in [0.1, 0.15) is 105 Å². The van der Waals surface area contributed by atoms with E-state index in [9.17, 15) is 33.6 Å². The molecule has 54 heavy (non-hydrogen) atoms. The van der Waals surface area contributed by atoms with Gasteiger partial charge in [-0.3, -0.25) is 28.8 Å². The van der Waals surface area contributed by atoms with Crippen LogP contribution in [0.2, 0.25) is 0 Å². The van der Waals surface area contributed by atoms with E-state index in [-0.39, 0.29) is 35.7 Å². The van der Waals surface area contributed by atoms with Crippen molar-refractivity contribution in [2.24, 2.45) is 22.7 Å². The summed E-state index contributed by atoms with van der Waals surface area (Å²) in [5.41, 5.74) is -0.391. The molecule has 14 nitrogen and oxygen atoms in total. The third-order valence-electron chi connectivity index (χ3n) is 11.2. The van der Waals surface area contributed by atoms with Crippen LogP contribution < -0.4 is 21.3 Å². The molecule has 1 aliphatic heterocycles. The highest BCUT2D eigenvalue weighted by molar-refractivity contribution is 6.38. The number of fused-ring (bicyclic) bond motifs is 1. The second kappa shape index (κ2) is 17.8. The molecule has 2 saturated carbocycles. The molecule has 2 unspecified atom stereocenters. The predicted molar refractivity (Wildman–Crippen MR) is 201 cm³/mol. The Morgan fingerprint density at radius 1 is 0.944 bits per heavy atom. The van der Waals surface area contributed by atoms with Crippen molar-refractivity contribution in [3.05, 3.63) is 35.9 Å². The van der Waals surface area contributed by atoms with Gasteiger partial charge in [0.05, 0.1) is 12.6 Å². The van der Waals surface area contributed by atoms with Crippen molar-refractivity contribution in [2.45, 2.75) is 123 Å². The number of hydrogen-bond donors (Lipinski definition) is 4. The van der Waals surface area contributed by atoms with Gasteiger partial charge in [-0.2, -0.15) is 0 Å². The Labute approximate surface area is 319 Å². The first-order valence-electron chi connectivity index (χ1n) is 19.3. The van der Waals surface area contributed by atoms with Gasteiger partial charge < -0.3 is 35.8 Å². The monoisotopic (exact) mass is 752 g/mol. The van der Waals surface area contributed by atoms with Gasteiger partial charge in [-0.05, 0) is 60.3 Å². The van der Waals surface area contributed by atoms with Gasteiger partial charge >= 0.3 is 6.09 Å². The number of ether oxygens (including phenoxy) is 1. The van der Waals surface area contributed by atoms with E-state index in [0.29, 0.717) is 24.9 Å². The summed E-state index contributed by atoms with van der Waals surface area (Å²) in [4.78, 5) is 96.8. The minimum absolute atomic E-state index is 0.0395. The number of amides is 6. The molecule has 6 atom stereocenters. The zero-order valence-corrected chi connectivity index (χ0v) is 33.2. The fourth-order valence-corrected chi connectivity index (χ4v) is 7.86. The van der Waals surface area contributed by atoms with Crippen LogP contribution in [0, 0.1) is 22.7 Å². The molecule has 14 heteroatoms. The average molecular weight is 753 g/mol. The second-order valence-corrected chi connectivity index (χ2v) is 16.9. The molecule has 0 spiro atoms. The van der Waals surface area contributed by atoms with E-state index >= 15 is 0 Å². The van der Waals surface area contributed by atoms with Crippen LogP contribution in [0.5, 0.6) is 0 Å². The van der Waals surface area contributed by atoms with Gasteiger partial charge in [0.25, 0.3) is 5.91 Å². The molecular weight excluding hydrogens is 692 g/mol. The number of ketones is 1. The van der Waals surface area contributed by atoms with E-state index in [2.05, 4.69) is 21.3 Å². The number of likely N-dealkylation sites (tertiary alicyclic amines) is 1. The Morgan fingerprint density at radius 2 is 1.59 bits per heavy atom. The van der Waals surface area contributed by atoms with Crippen LogP contribution in [0.25, 0.3) is 0 Å². The standard InChI is InChI=1S/C40H60N6O8/c1-9-10-21-27(32(48)35(50)41-22-28(47)43-30(36(51)45(7)8)24-17-13-11-14-18-24)42-34(49)31-29-26(40(29,5)6)23-46(31)37(52)33(39(2,3)4)44-38(53)54-25-19-15-12-16-20-25/h11,13-14,17-18,25-27,29-31,33H,9-10,12,15-16,19-23H2,1-8H3,(H,41,50)(H,42,49)(H,43,47)(H,44,53)/t26-,27?,29?,30-,31-,33+/m0/s1. The summed E-state index contributed by atoms with van der Waals surface area (Å²) < 4.78 is 5.68. The molecule has 1 aromatic carbocycles. The van der Waals surface area contributed by atoms with E-state index in [4.69, 9.17) is 4.74 Å². The highest BCUT2D eigenvalue weighted by atomic mass is 16.6. The smallest absolute Gasteiger partial charge is 0.408 e.